The quantitative estimate of drug-likeness (QED) is 0.246. The minimum atomic E-state index is 0.684. The number of hydrazone groups is 1. The number of nitrogens with one attached hydrogen (secondary N) is 1. The highest BCUT2D eigenvalue weighted by Gasteiger charge is 2.00. The fourth-order valence-electron chi connectivity index (χ4n) is 1.15. The Morgan fingerprint density at radius 3 is 3.21 bits per heavy atom. The molecule has 6 nitrogen and oxygen atoms in total. The Morgan fingerprint density at radius 1 is 1.43 bits per heavy atom. The number of fused-ring (bicyclic) bond motifs is 1. The Morgan fingerprint density at radius 2 is 2.36 bits per heavy atom. The molecular weight excluding hydrogens is 180 g/mol. The van der Waals surface area contributed by atoms with Crippen LogP contribution in [0, 0.1) is 0 Å². The van der Waals surface area contributed by atoms with Gasteiger partial charge in [0.1, 0.15) is 11.2 Å². The number of rotatable bonds is 2. The summed E-state index contributed by atoms with van der Waals surface area (Å²) in [6, 6.07) is 5.60. The monoisotopic (exact) mass is 188 g/mol. The third-order valence-corrected chi connectivity index (χ3v) is 1.71. The highest BCUT2D eigenvalue weighted by molar-refractivity contribution is 5.85. The number of para-hydroxylation sites is 1. The van der Waals surface area contributed by atoms with Crippen LogP contribution in [0.25, 0.3) is 11.0 Å². The van der Waals surface area contributed by atoms with E-state index in [-0.39, 0.29) is 0 Å². The molecule has 0 unspecified atom stereocenters. The smallest absolute Gasteiger partial charge is 0.157 e. The summed E-state index contributed by atoms with van der Waals surface area (Å²) in [7, 11) is 0. The lowest BCUT2D eigenvalue weighted by atomic mass is 10.3. The van der Waals surface area contributed by atoms with Gasteiger partial charge in [0.15, 0.2) is 6.34 Å². The van der Waals surface area contributed by atoms with Gasteiger partial charge in [-0.25, -0.2) is 4.98 Å². The van der Waals surface area contributed by atoms with E-state index < -0.39 is 0 Å². The molecule has 1 aromatic carbocycles. The second kappa shape index (κ2) is 3.65. The highest BCUT2D eigenvalue weighted by Crippen LogP contribution is 2.22. The van der Waals surface area contributed by atoms with E-state index >= 15 is 0 Å². The van der Waals surface area contributed by atoms with Crippen LogP contribution in [-0.4, -0.2) is 16.3 Å². The van der Waals surface area contributed by atoms with Gasteiger partial charge in [0, 0.05) is 0 Å². The normalized spacial score (nSPS) is 12.0. The predicted octanol–water partition coefficient (Wildman–Crippen LogP) is 1.55. The van der Waals surface area contributed by atoms with Crippen molar-refractivity contribution in [1.29, 1.82) is 0 Å². The molecule has 1 aromatic heterocycles. The van der Waals surface area contributed by atoms with Gasteiger partial charge in [0.25, 0.3) is 0 Å². The molecule has 0 aliphatic heterocycles. The van der Waals surface area contributed by atoms with Crippen LogP contribution in [0.5, 0.6) is 0 Å². The zero-order chi connectivity index (χ0) is 9.80. The van der Waals surface area contributed by atoms with Gasteiger partial charge in [0.05, 0.1) is 11.8 Å². The van der Waals surface area contributed by atoms with Crippen LogP contribution in [-0.2, 0) is 0 Å². The summed E-state index contributed by atoms with van der Waals surface area (Å²) in [4.78, 5) is 7.09. The second-order valence-electron chi connectivity index (χ2n) is 2.56. The molecular formula is C8H8N6. The third kappa shape index (κ3) is 1.45. The molecule has 3 N–H and O–H groups in total. The number of aromatic amines is 1. The molecule has 14 heavy (non-hydrogen) atoms. The van der Waals surface area contributed by atoms with Gasteiger partial charge >= 0.3 is 0 Å². The van der Waals surface area contributed by atoms with Crippen LogP contribution in [0.4, 0.5) is 5.69 Å². The maximum Gasteiger partial charge on any atom is 0.157 e. The lowest BCUT2D eigenvalue weighted by Gasteiger charge is -1.91. The van der Waals surface area contributed by atoms with Gasteiger partial charge in [-0.05, 0) is 12.1 Å². The lowest BCUT2D eigenvalue weighted by Crippen LogP contribution is -1.77. The van der Waals surface area contributed by atoms with E-state index in [1.807, 2.05) is 18.2 Å². The van der Waals surface area contributed by atoms with Crippen LogP contribution < -0.4 is 5.84 Å². The van der Waals surface area contributed by atoms with Crippen LogP contribution in [0.3, 0.4) is 0 Å². The van der Waals surface area contributed by atoms with E-state index in [4.69, 9.17) is 5.84 Å². The number of aromatic nitrogens is 2. The number of H-pyrrole nitrogens is 1. The number of nitrogens with zero attached hydrogens (tertiary/aromatic N) is 4. The highest BCUT2D eigenvalue weighted by atomic mass is 15.2. The number of imidazole rings is 1. The largest absolute Gasteiger partial charge is 0.345 e. The molecule has 70 valence electrons. The van der Waals surface area contributed by atoms with Gasteiger partial charge in [-0.2, -0.15) is 5.10 Å². The van der Waals surface area contributed by atoms with E-state index in [1.165, 1.54) is 6.34 Å². The van der Waals surface area contributed by atoms with Crippen molar-refractivity contribution in [3.05, 3.63) is 24.5 Å². The average molecular weight is 188 g/mol. The van der Waals surface area contributed by atoms with Gasteiger partial charge in [-0.15, -0.1) is 10.2 Å². The van der Waals surface area contributed by atoms with E-state index in [9.17, 15) is 0 Å². The van der Waals surface area contributed by atoms with Gasteiger partial charge in [-0.3, -0.25) is 0 Å². The Balaban J connectivity index is 2.46. The summed E-state index contributed by atoms with van der Waals surface area (Å²) in [6.45, 7) is 0. The van der Waals surface area contributed by atoms with Crippen molar-refractivity contribution in [3.8, 4) is 0 Å². The maximum atomic E-state index is 4.88. The summed E-state index contributed by atoms with van der Waals surface area (Å²) >= 11 is 0. The minimum Gasteiger partial charge on any atom is -0.345 e. The van der Waals surface area contributed by atoms with Crippen molar-refractivity contribution in [1.82, 2.24) is 9.97 Å². The molecule has 0 amide bonds. The second-order valence-corrected chi connectivity index (χ2v) is 2.56. The first-order valence-corrected chi connectivity index (χ1v) is 3.96. The molecule has 6 heteroatoms. The van der Waals surface area contributed by atoms with Gasteiger partial charge < -0.3 is 10.8 Å². The fraction of sp³-hybridized carbons (Fsp3) is 0. The molecule has 0 bridgehead atoms. The molecule has 2 aromatic rings. The van der Waals surface area contributed by atoms with Crippen molar-refractivity contribution < 1.29 is 0 Å². The van der Waals surface area contributed by atoms with E-state index in [2.05, 4.69) is 25.3 Å². The number of azo groups is 1. The van der Waals surface area contributed by atoms with Crippen LogP contribution in [0.1, 0.15) is 0 Å². The Bertz CT molecular complexity index is 483. The Hall–Kier alpha value is -2.24. The first kappa shape index (κ1) is 8.36. The van der Waals surface area contributed by atoms with Crippen molar-refractivity contribution in [2.45, 2.75) is 0 Å². The van der Waals surface area contributed by atoms with E-state index in [0.29, 0.717) is 5.69 Å². The number of hydrogen-bond donors (Lipinski definition) is 2. The van der Waals surface area contributed by atoms with Crippen molar-refractivity contribution in [2.24, 2.45) is 21.2 Å². The first-order valence-electron chi connectivity index (χ1n) is 3.96. The van der Waals surface area contributed by atoms with E-state index in [1.54, 1.807) is 6.33 Å². The fourth-order valence-corrected chi connectivity index (χ4v) is 1.15. The van der Waals surface area contributed by atoms with Crippen molar-refractivity contribution >= 4 is 23.1 Å². The molecule has 2 rings (SSSR count). The summed E-state index contributed by atoms with van der Waals surface area (Å²) in [5, 5.41) is 10.8. The topological polar surface area (TPSA) is 91.8 Å². The van der Waals surface area contributed by atoms with Gasteiger partial charge in [-0.1, -0.05) is 6.07 Å². The summed E-state index contributed by atoms with van der Waals surface area (Å²) < 4.78 is 0. The lowest BCUT2D eigenvalue weighted by molar-refractivity contribution is 1.21. The van der Waals surface area contributed by atoms with Gasteiger partial charge in [0.2, 0.25) is 0 Å². The maximum absolute atomic E-state index is 4.88. The molecule has 1 heterocycles. The van der Waals surface area contributed by atoms with Crippen LogP contribution in [0.2, 0.25) is 0 Å². The number of benzene rings is 1. The molecule has 0 atom stereocenters. The molecule has 0 aliphatic rings. The Kier molecular flexibility index (Phi) is 2.18. The molecule has 0 fully saturated rings. The minimum absolute atomic E-state index is 0.684. The Labute approximate surface area is 79.6 Å². The van der Waals surface area contributed by atoms with E-state index in [0.717, 1.165) is 11.0 Å². The number of hydrogen-bond acceptors (Lipinski definition) is 4. The van der Waals surface area contributed by atoms with Crippen LogP contribution >= 0.6 is 0 Å². The summed E-state index contributed by atoms with van der Waals surface area (Å²) in [6.07, 6.45) is 2.78. The molecule has 0 aliphatic carbocycles. The number of nitrogens with two attached hydrogens (primary N) is 1. The van der Waals surface area contributed by atoms with Crippen LogP contribution in [0.15, 0.2) is 39.9 Å². The molecule has 0 saturated carbocycles. The SMILES string of the molecule is NN=CN=Nc1cccc2[nH]cnc12. The van der Waals surface area contributed by atoms with Crippen molar-refractivity contribution in [2.75, 3.05) is 0 Å². The predicted molar refractivity (Wildman–Crippen MR) is 53.3 cm³/mol. The zero-order valence-corrected chi connectivity index (χ0v) is 7.25. The first-order chi connectivity index (χ1) is 6.92. The summed E-state index contributed by atoms with van der Waals surface area (Å²) in [5.41, 5.74) is 2.39. The molecule has 0 saturated heterocycles. The standard InChI is InChI=1S/C8H8N6/c9-12-5-13-14-7-3-1-2-6-8(7)11-4-10-6/h1-5H,9H2,(H,10,11). The summed E-state index contributed by atoms with van der Waals surface area (Å²) in [5.74, 6) is 4.88. The van der Waals surface area contributed by atoms with Crippen molar-refractivity contribution in [3.63, 3.8) is 0 Å². The third-order valence-electron chi connectivity index (χ3n) is 1.71. The zero-order valence-electron chi connectivity index (χ0n) is 7.25. The molecule has 0 spiro atoms. The average Bonchev–Trinajstić information content (AvgIpc) is 2.67. The molecule has 0 radical (unpaired) electrons.